The molecule has 0 aliphatic rings. The molecule has 2 aromatic heterocycles. The van der Waals surface area contributed by atoms with Crippen LogP contribution < -0.4 is 5.32 Å². The summed E-state index contributed by atoms with van der Waals surface area (Å²) >= 11 is 0.983. The van der Waals surface area contributed by atoms with Crippen LogP contribution in [-0.2, 0) is 23.9 Å². The van der Waals surface area contributed by atoms with E-state index in [1.807, 2.05) is 24.3 Å². The highest BCUT2D eigenvalue weighted by Crippen LogP contribution is 2.32. The molecule has 7 heteroatoms. The second-order valence-corrected chi connectivity index (χ2v) is 6.26. The maximum Gasteiger partial charge on any atom is 0.417 e. The van der Waals surface area contributed by atoms with E-state index in [0.717, 1.165) is 39.1 Å². The molecule has 1 N–H and O–H groups in total. The van der Waals surface area contributed by atoms with Crippen LogP contribution in [0.25, 0.3) is 10.8 Å². The number of thiophene rings is 1. The van der Waals surface area contributed by atoms with E-state index in [4.69, 9.17) is 0 Å². The first kappa shape index (κ1) is 16.4. The highest BCUT2D eigenvalue weighted by atomic mass is 32.1. The van der Waals surface area contributed by atoms with Crippen LogP contribution >= 0.6 is 11.3 Å². The van der Waals surface area contributed by atoms with Gasteiger partial charge in [-0.25, -0.2) is 0 Å². The number of amides is 1. The van der Waals surface area contributed by atoms with Crippen LogP contribution in [0.2, 0.25) is 0 Å². The van der Waals surface area contributed by atoms with Gasteiger partial charge < -0.3 is 5.32 Å². The SMILES string of the molecule is O=C(Cc1cccc2ccncc12)NCc1cc(C(F)(F)F)cs1. The van der Waals surface area contributed by atoms with E-state index in [9.17, 15) is 18.0 Å². The van der Waals surface area contributed by atoms with Crippen LogP contribution in [-0.4, -0.2) is 10.9 Å². The molecule has 0 saturated carbocycles. The van der Waals surface area contributed by atoms with Gasteiger partial charge in [-0.05, 0) is 23.1 Å². The number of alkyl halides is 3. The van der Waals surface area contributed by atoms with E-state index in [1.165, 1.54) is 0 Å². The van der Waals surface area contributed by atoms with Crippen molar-refractivity contribution < 1.29 is 18.0 Å². The van der Waals surface area contributed by atoms with Crippen molar-refractivity contribution in [1.29, 1.82) is 0 Å². The van der Waals surface area contributed by atoms with Crippen molar-refractivity contribution in [2.75, 3.05) is 0 Å². The molecule has 2 heterocycles. The minimum Gasteiger partial charge on any atom is -0.351 e. The second kappa shape index (κ2) is 6.60. The molecule has 0 aliphatic carbocycles. The predicted molar refractivity (Wildman–Crippen MR) is 86.6 cm³/mol. The highest BCUT2D eigenvalue weighted by molar-refractivity contribution is 7.10. The van der Waals surface area contributed by atoms with Gasteiger partial charge in [0, 0.05) is 28.0 Å². The molecule has 0 aliphatic heterocycles. The van der Waals surface area contributed by atoms with E-state index < -0.39 is 11.7 Å². The zero-order valence-electron chi connectivity index (χ0n) is 12.4. The van der Waals surface area contributed by atoms with Crippen LogP contribution in [0, 0.1) is 0 Å². The summed E-state index contributed by atoms with van der Waals surface area (Å²) in [7, 11) is 0. The molecule has 0 unspecified atom stereocenters. The van der Waals surface area contributed by atoms with Gasteiger partial charge in [0.15, 0.2) is 0 Å². The summed E-state index contributed by atoms with van der Waals surface area (Å²) in [5, 5.41) is 5.60. The molecule has 0 saturated heterocycles. The lowest BCUT2D eigenvalue weighted by Gasteiger charge is -2.07. The number of carbonyl (C=O) groups excluding carboxylic acids is 1. The summed E-state index contributed by atoms with van der Waals surface area (Å²) < 4.78 is 37.6. The summed E-state index contributed by atoms with van der Waals surface area (Å²) in [6.07, 6.45) is -0.816. The largest absolute Gasteiger partial charge is 0.417 e. The fourth-order valence-electron chi connectivity index (χ4n) is 2.37. The van der Waals surface area contributed by atoms with Crippen LogP contribution in [0.5, 0.6) is 0 Å². The summed E-state index contributed by atoms with van der Waals surface area (Å²) in [6, 6.07) is 8.56. The van der Waals surface area contributed by atoms with Gasteiger partial charge in [-0.1, -0.05) is 18.2 Å². The van der Waals surface area contributed by atoms with Gasteiger partial charge in [-0.15, -0.1) is 11.3 Å². The molecule has 0 bridgehead atoms. The van der Waals surface area contributed by atoms with Crippen molar-refractivity contribution in [2.45, 2.75) is 19.1 Å². The number of rotatable bonds is 4. The molecule has 0 fully saturated rings. The van der Waals surface area contributed by atoms with Gasteiger partial charge in [0.05, 0.1) is 18.5 Å². The Hall–Kier alpha value is -2.41. The molecule has 0 atom stereocenters. The van der Waals surface area contributed by atoms with Gasteiger partial charge in [0.25, 0.3) is 0 Å². The van der Waals surface area contributed by atoms with Gasteiger partial charge >= 0.3 is 6.18 Å². The fourth-order valence-corrected chi connectivity index (χ4v) is 3.20. The van der Waals surface area contributed by atoms with Gasteiger partial charge in [0.1, 0.15) is 0 Å². The fraction of sp³-hybridized carbons (Fsp3) is 0.176. The molecular formula is C17H13F3N2OS. The predicted octanol–water partition coefficient (Wildman–Crippen LogP) is 4.17. The lowest BCUT2D eigenvalue weighted by Crippen LogP contribution is -2.24. The van der Waals surface area contributed by atoms with E-state index in [1.54, 1.807) is 12.4 Å². The number of nitrogens with zero attached hydrogens (tertiary/aromatic N) is 1. The first-order valence-corrected chi connectivity index (χ1v) is 8.04. The quantitative estimate of drug-likeness (QED) is 0.767. The molecule has 0 spiro atoms. The molecule has 3 rings (SSSR count). The number of aromatic nitrogens is 1. The minimum absolute atomic E-state index is 0.0859. The van der Waals surface area contributed by atoms with Crippen molar-refractivity contribution in [3.63, 3.8) is 0 Å². The highest BCUT2D eigenvalue weighted by Gasteiger charge is 2.31. The third-order valence-electron chi connectivity index (χ3n) is 3.57. The molecular weight excluding hydrogens is 337 g/mol. The lowest BCUT2D eigenvalue weighted by atomic mass is 10.0. The average molecular weight is 350 g/mol. The number of fused-ring (bicyclic) bond motifs is 1. The summed E-state index contributed by atoms with van der Waals surface area (Å²) in [6.45, 7) is 0.0859. The molecule has 24 heavy (non-hydrogen) atoms. The number of carbonyl (C=O) groups is 1. The first-order chi connectivity index (χ1) is 11.4. The number of halogens is 3. The van der Waals surface area contributed by atoms with Crippen LogP contribution in [0.4, 0.5) is 13.2 Å². The molecule has 1 aromatic carbocycles. The Balaban J connectivity index is 1.64. The summed E-state index contributed by atoms with van der Waals surface area (Å²) in [4.78, 5) is 16.6. The Morgan fingerprint density at radius 3 is 2.83 bits per heavy atom. The van der Waals surface area contributed by atoms with Gasteiger partial charge in [-0.3, -0.25) is 9.78 Å². The topological polar surface area (TPSA) is 42.0 Å². The van der Waals surface area contributed by atoms with E-state index in [-0.39, 0.29) is 18.9 Å². The third kappa shape index (κ3) is 3.73. The standard InChI is InChI=1S/C17H13F3N2OS/c18-17(19,20)13-7-14(24-10-13)8-22-16(23)6-12-3-1-2-11-4-5-21-9-15(11)12/h1-5,7,9-10H,6,8H2,(H,22,23). The Morgan fingerprint density at radius 2 is 2.08 bits per heavy atom. The molecule has 0 radical (unpaired) electrons. The van der Waals surface area contributed by atoms with Crippen LogP contribution in [0.1, 0.15) is 16.0 Å². The Labute approximate surface area is 140 Å². The number of nitrogens with one attached hydrogen (secondary N) is 1. The van der Waals surface area contributed by atoms with Crippen molar-refractivity contribution in [2.24, 2.45) is 0 Å². The van der Waals surface area contributed by atoms with Crippen LogP contribution in [0.15, 0.2) is 48.1 Å². The number of benzene rings is 1. The van der Waals surface area contributed by atoms with Crippen LogP contribution in [0.3, 0.4) is 0 Å². The van der Waals surface area contributed by atoms with Gasteiger partial charge in [0.2, 0.25) is 5.91 Å². The monoisotopic (exact) mass is 350 g/mol. The summed E-state index contributed by atoms with van der Waals surface area (Å²) in [5.74, 6) is -0.242. The van der Waals surface area contributed by atoms with Crippen molar-refractivity contribution in [3.8, 4) is 0 Å². The third-order valence-corrected chi connectivity index (χ3v) is 4.50. The zero-order valence-corrected chi connectivity index (χ0v) is 13.2. The first-order valence-electron chi connectivity index (χ1n) is 7.16. The van der Waals surface area contributed by atoms with Crippen molar-refractivity contribution in [3.05, 3.63) is 64.1 Å². The lowest BCUT2D eigenvalue weighted by molar-refractivity contribution is -0.137. The Morgan fingerprint density at radius 1 is 1.25 bits per heavy atom. The Kier molecular flexibility index (Phi) is 4.53. The second-order valence-electron chi connectivity index (χ2n) is 5.27. The maximum atomic E-state index is 12.5. The normalized spacial score (nSPS) is 11.6. The Bertz CT molecular complexity index is 868. The number of hydrogen-bond acceptors (Lipinski definition) is 3. The molecule has 3 nitrogen and oxygen atoms in total. The van der Waals surface area contributed by atoms with Gasteiger partial charge in [-0.2, -0.15) is 13.2 Å². The summed E-state index contributed by atoms with van der Waals surface area (Å²) in [5.41, 5.74) is 0.150. The van der Waals surface area contributed by atoms with E-state index in [0.29, 0.717) is 4.88 Å². The molecule has 1 amide bonds. The number of hydrogen-bond donors (Lipinski definition) is 1. The smallest absolute Gasteiger partial charge is 0.351 e. The maximum absolute atomic E-state index is 12.5. The van der Waals surface area contributed by atoms with Crippen molar-refractivity contribution in [1.82, 2.24) is 10.3 Å². The number of pyridine rings is 1. The average Bonchev–Trinajstić information content (AvgIpc) is 3.03. The minimum atomic E-state index is -4.35. The van der Waals surface area contributed by atoms with Crippen molar-refractivity contribution >= 4 is 28.0 Å². The molecule has 3 aromatic rings. The molecule has 124 valence electrons. The van der Waals surface area contributed by atoms with E-state index in [2.05, 4.69) is 10.3 Å². The van der Waals surface area contributed by atoms with E-state index >= 15 is 0 Å². The zero-order chi connectivity index (χ0) is 17.2.